The van der Waals surface area contributed by atoms with Gasteiger partial charge in [-0.25, -0.2) is 13.4 Å². The number of rotatable bonds is 3. The quantitative estimate of drug-likeness (QED) is 0.842. The predicted molar refractivity (Wildman–Crippen MR) is 103 cm³/mol. The maximum Gasteiger partial charge on any atom is 0.177 e. The minimum atomic E-state index is -3.01. The Morgan fingerprint density at radius 2 is 1.72 bits per heavy atom. The summed E-state index contributed by atoms with van der Waals surface area (Å²) in [5.74, 6) is 0.222. The average molecular weight is 371 g/mol. The maximum absolute atomic E-state index is 11.8. The van der Waals surface area contributed by atoms with Crippen molar-refractivity contribution in [3.05, 3.63) is 60.2 Å². The topological polar surface area (TPSA) is 73.6 Å². The van der Waals surface area contributed by atoms with E-state index < -0.39 is 9.84 Å². The van der Waals surface area contributed by atoms with Crippen LogP contribution in [0, 0.1) is 5.41 Å². The van der Waals surface area contributed by atoms with Crippen LogP contribution in [-0.4, -0.2) is 47.6 Å². The van der Waals surface area contributed by atoms with Gasteiger partial charge < -0.3 is 0 Å². The van der Waals surface area contributed by atoms with Crippen LogP contribution < -0.4 is 0 Å². The molecule has 2 aromatic carbocycles. The Morgan fingerprint density at radius 3 is 2.44 bits per heavy atom. The van der Waals surface area contributed by atoms with E-state index in [4.69, 9.17) is 5.41 Å². The molecule has 5 nitrogen and oxygen atoms in total. The van der Waals surface area contributed by atoms with Gasteiger partial charge in [0.05, 0.1) is 23.8 Å². The lowest BCUT2D eigenvalue weighted by Crippen LogP contribution is -2.32. The number of nitrogens with zero attached hydrogens (tertiary/aromatic N) is 2. The molecule has 0 spiro atoms. The van der Waals surface area contributed by atoms with Crippen LogP contribution in [0.5, 0.6) is 0 Å². The maximum atomic E-state index is 11.8. The zero-order valence-electron chi connectivity index (χ0n) is 13.4. The largest absolute Gasteiger partial charge is 0.277 e. The van der Waals surface area contributed by atoms with Crippen LogP contribution in [0.25, 0.3) is 11.1 Å². The van der Waals surface area contributed by atoms with Gasteiger partial charge in [0, 0.05) is 5.25 Å². The average Bonchev–Trinajstić information content (AvgIpc) is 3.04. The van der Waals surface area contributed by atoms with Crippen molar-refractivity contribution in [1.82, 2.24) is 5.01 Å². The Hall–Kier alpha value is -2.12. The number of hydrogen-bond donors (Lipinski definition) is 1. The van der Waals surface area contributed by atoms with Gasteiger partial charge in [0.15, 0.2) is 15.0 Å². The van der Waals surface area contributed by atoms with Crippen LogP contribution in [0.4, 0.5) is 0 Å². The van der Waals surface area contributed by atoms with Gasteiger partial charge in [-0.3, -0.25) is 5.41 Å². The molecule has 0 saturated carbocycles. The van der Waals surface area contributed by atoms with Gasteiger partial charge in [0.1, 0.15) is 0 Å². The zero-order chi connectivity index (χ0) is 17.4. The highest BCUT2D eigenvalue weighted by molar-refractivity contribution is 8.15. The molecule has 2 atom stereocenters. The Bertz CT molecular complexity index is 925. The number of benzene rings is 2. The fourth-order valence-corrected chi connectivity index (χ4v) is 6.86. The molecule has 2 aliphatic heterocycles. The second-order valence-electron chi connectivity index (χ2n) is 6.18. The molecule has 2 heterocycles. The fourth-order valence-electron chi connectivity index (χ4n) is 3.14. The van der Waals surface area contributed by atoms with Gasteiger partial charge in [-0.1, -0.05) is 66.4 Å². The Balaban J connectivity index is 1.51. The number of nitrogens with one attached hydrogen (secondary N) is 1. The van der Waals surface area contributed by atoms with Crippen LogP contribution in [-0.2, 0) is 9.84 Å². The smallest absolute Gasteiger partial charge is 0.177 e. The van der Waals surface area contributed by atoms with E-state index in [9.17, 15) is 8.42 Å². The first-order chi connectivity index (χ1) is 12.0. The molecule has 0 bridgehead atoms. The van der Waals surface area contributed by atoms with Gasteiger partial charge in [-0.2, -0.15) is 5.10 Å². The molecule has 128 valence electrons. The summed E-state index contributed by atoms with van der Waals surface area (Å²) in [5, 5.41) is 14.2. The van der Waals surface area contributed by atoms with E-state index in [0.29, 0.717) is 5.17 Å². The third-order valence-electron chi connectivity index (χ3n) is 4.41. The second kappa shape index (κ2) is 6.31. The summed E-state index contributed by atoms with van der Waals surface area (Å²) in [6.45, 7) is 0. The Labute approximate surface area is 151 Å². The fraction of sp³-hybridized carbons (Fsp3) is 0.222. The third kappa shape index (κ3) is 3.34. The molecule has 7 heteroatoms. The monoisotopic (exact) mass is 371 g/mol. The summed E-state index contributed by atoms with van der Waals surface area (Å²) in [6, 6.07) is 17.9. The van der Waals surface area contributed by atoms with Crippen LogP contribution in [0.1, 0.15) is 5.56 Å². The van der Waals surface area contributed by atoms with E-state index in [0.717, 1.165) is 16.7 Å². The molecule has 2 aliphatic rings. The number of sulfone groups is 1. The number of thioether (sulfide) groups is 1. The highest BCUT2D eigenvalue weighted by Crippen LogP contribution is 2.37. The van der Waals surface area contributed by atoms with Crippen molar-refractivity contribution in [2.45, 2.75) is 11.3 Å². The van der Waals surface area contributed by atoms with Gasteiger partial charge in [0.25, 0.3) is 0 Å². The van der Waals surface area contributed by atoms with Crippen LogP contribution in [0.3, 0.4) is 0 Å². The number of fused-ring (bicyclic) bond motifs is 1. The summed E-state index contributed by atoms with van der Waals surface area (Å²) >= 11 is 1.30. The molecule has 4 rings (SSSR count). The van der Waals surface area contributed by atoms with E-state index in [1.165, 1.54) is 11.8 Å². The minimum absolute atomic E-state index is 0.0740. The van der Waals surface area contributed by atoms with E-state index in [1.807, 2.05) is 42.5 Å². The first-order valence-electron chi connectivity index (χ1n) is 7.96. The first kappa shape index (κ1) is 16.4. The van der Waals surface area contributed by atoms with Gasteiger partial charge >= 0.3 is 0 Å². The van der Waals surface area contributed by atoms with Crippen molar-refractivity contribution in [1.29, 1.82) is 5.41 Å². The van der Waals surface area contributed by atoms with Crippen LogP contribution >= 0.6 is 11.8 Å². The highest BCUT2D eigenvalue weighted by Gasteiger charge is 2.48. The van der Waals surface area contributed by atoms with Gasteiger partial charge in [-0.05, 0) is 16.7 Å². The normalized spacial score (nSPS) is 24.8. The van der Waals surface area contributed by atoms with E-state index >= 15 is 0 Å². The molecule has 0 radical (unpaired) electrons. The Kier molecular flexibility index (Phi) is 4.13. The molecule has 1 N–H and O–H groups in total. The van der Waals surface area contributed by atoms with E-state index in [1.54, 1.807) is 11.2 Å². The molecule has 2 aromatic rings. The van der Waals surface area contributed by atoms with E-state index in [2.05, 4.69) is 17.2 Å². The Morgan fingerprint density at radius 1 is 1.04 bits per heavy atom. The second-order valence-corrected chi connectivity index (χ2v) is 9.56. The third-order valence-corrected chi connectivity index (χ3v) is 7.53. The number of amidine groups is 1. The van der Waals surface area contributed by atoms with Crippen molar-refractivity contribution in [2.24, 2.45) is 5.10 Å². The number of hydrogen-bond acceptors (Lipinski definition) is 5. The van der Waals surface area contributed by atoms with Crippen molar-refractivity contribution >= 4 is 33.0 Å². The molecular weight excluding hydrogens is 354 g/mol. The standard InChI is InChI=1S/C18H17N3O2S2/c19-18-21(16-11-25(22,23)12-17(16)24-18)20-10-13-6-8-15(9-7-13)14-4-2-1-3-5-14/h1-10,16-17,19H,11-12H2/b19-18?,20-10-/t16-,17+/m1/s1. The molecule has 0 aliphatic carbocycles. The van der Waals surface area contributed by atoms with Crippen molar-refractivity contribution in [3.8, 4) is 11.1 Å². The summed E-state index contributed by atoms with van der Waals surface area (Å²) < 4.78 is 23.6. The number of hydrazone groups is 1. The van der Waals surface area contributed by atoms with Gasteiger partial charge in [-0.15, -0.1) is 0 Å². The van der Waals surface area contributed by atoms with Crippen LogP contribution in [0.15, 0.2) is 59.7 Å². The molecule has 2 saturated heterocycles. The molecule has 0 aromatic heterocycles. The highest BCUT2D eigenvalue weighted by atomic mass is 32.2. The summed E-state index contributed by atoms with van der Waals surface area (Å²) in [4.78, 5) is 0. The van der Waals surface area contributed by atoms with Crippen molar-refractivity contribution in [2.75, 3.05) is 11.5 Å². The van der Waals surface area contributed by atoms with E-state index in [-0.39, 0.29) is 22.8 Å². The molecule has 25 heavy (non-hydrogen) atoms. The molecule has 0 unspecified atom stereocenters. The SMILES string of the molecule is N=C1S[C@H]2CS(=O)(=O)C[C@H]2N1/N=C\c1ccc(-c2ccccc2)cc1. The zero-order valence-corrected chi connectivity index (χ0v) is 15.0. The summed E-state index contributed by atoms with van der Waals surface area (Å²) in [5.41, 5.74) is 3.20. The lowest BCUT2D eigenvalue weighted by atomic mass is 10.0. The lowest BCUT2D eigenvalue weighted by molar-refractivity contribution is 0.376. The van der Waals surface area contributed by atoms with Crippen LogP contribution in [0.2, 0.25) is 0 Å². The first-order valence-corrected chi connectivity index (χ1v) is 10.7. The van der Waals surface area contributed by atoms with Crippen molar-refractivity contribution < 1.29 is 8.42 Å². The minimum Gasteiger partial charge on any atom is -0.277 e. The molecule has 2 fully saturated rings. The lowest BCUT2D eigenvalue weighted by Gasteiger charge is -2.17. The summed E-state index contributed by atoms with van der Waals surface area (Å²) in [7, 11) is -3.01. The van der Waals surface area contributed by atoms with Crippen molar-refractivity contribution in [3.63, 3.8) is 0 Å². The molecular formula is C18H17N3O2S2. The predicted octanol–water partition coefficient (Wildman–Crippen LogP) is 2.84. The molecule has 0 amide bonds. The summed E-state index contributed by atoms with van der Waals surface area (Å²) in [6.07, 6.45) is 1.69. The van der Waals surface area contributed by atoms with Gasteiger partial charge in [0.2, 0.25) is 0 Å².